The summed E-state index contributed by atoms with van der Waals surface area (Å²) < 4.78 is 5.40. The van der Waals surface area contributed by atoms with Crippen molar-refractivity contribution in [3.63, 3.8) is 0 Å². The molecule has 0 spiro atoms. The van der Waals surface area contributed by atoms with Crippen LogP contribution in [0.4, 0.5) is 0 Å². The molecule has 1 aromatic rings. The van der Waals surface area contributed by atoms with Gasteiger partial charge in [-0.05, 0) is 42.4 Å². The van der Waals surface area contributed by atoms with Gasteiger partial charge in [-0.25, -0.2) is 0 Å². The largest absolute Gasteiger partial charge is 0.496 e. The molecule has 2 atom stereocenters. The highest BCUT2D eigenvalue weighted by atomic mass is 16.5. The minimum Gasteiger partial charge on any atom is -0.496 e. The fraction of sp³-hybridized carbons (Fsp3) is 0.538. The Balaban J connectivity index is 2.45. The molecule has 2 nitrogen and oxygen atoms in total. The Kier molecular flexibility index (Phi) is 2.96. The van der Waals surface area contributed by atoms with E-state index in [1.807, 2.05) is 6.07 Å². The molecule has 0 saturated heterocycles. The summed E-state index contributed by atoms with van der Waals surface area (Å²) in [7, 11) is 1.74. The second-order valence-electron chi connectivity index (χ2n) is 4.25. The fourth-order valence-corrected chi connectivity index (χ4v) is 2.65. The summed E-state index contributed by atoms with van der Waals surface area (Å²) in [4.78, 5) is 0. The van der Waals surface area contributed by atoms with Gasteiger partial charge in [0.2, 0.25) is 0 Å². The van der Waals surface area contributed by atoms with Crippen LogP contribution in [0.15, 0.2) is 18.2 Å². The normalized spacial score (nSPS) is 24.7. The average Bonchev–Trinajstić information content (AvgIpc) is 2.28. The molecule has 0 aromatic heterocycles. The Labute approximate surface area is 91.4 Å². The molecule has 2 N–H and O–H groups in total. The standard InChI is InChI=1S/C13H19NO/c1-3-9-10-5-4-6-13(15-2)11(10)7-8-12(9)14/h4-6,9,12H,3,7-8,14H2,1-2H3. The Hall–Kier alpha value is -1.02. The van der Waals surface area contributed by atoms with Gasteiger partial charge in [-0.2, -0.15) is 0 Å². The summed E-state index contributed by atoms with van der Waals surface area (Å²) in [6.07, 6.45) is 3.24. The average molecular weight is 205 g/mol. The van der Waals surface area contributed by atoms with Crippen LogP contribution in [0.25, 0.3) is 0 Å². The van der Waals surface area contributed by atoms with Crippen molar-refractivity contribution < 1.29 is 4.74 Å². The highest BCUT2D eigenvalue weighted by molar-refractivity contribution is 5.44. The van der Waals surface area contributed by atoms with E-state index in [2.05, 4.69) is 19.1 Å². The molecule has 1 aliphatic rings. The van der Waals surface area contributed by atoms with Crippen LogP contribution in [0.1, 0.15) is 36.8 Å². The van der Waals surface area contributed by atoms with E-state index >= 15 is 0 Å². The SMILES string of the molecule is CCC1c2cccc(OC)c2CCC1N. The number of methoxy groups -OCH3 is 1. The van der Waals surface area contributed by atoms with E-state index in [-0.39, 0.29) is 0 Å². The topological polar surface area (TPSA) is 35.2 Å². The molecule has 0 amide bonds. The van der Waals surface area contributed by atoms with Gasteiger partial charge in [-0.15, -0.1) is 0 Å². The Morgan fingerprint density at radius 1 is 1.47 bits per heavy atom. The van der Waals surface area contributed by atoms with Crippen LogP contribution < -0.4 is 10.5 Å². The van der Waals surface area contributed by atoms with Gasteiger partial charge in [0.25, 0.3) is 0 Å². The number of hydrogen-bond acceptors (Lipinski definition) is 2. The molecule has 2 unspecified atom stereocenters. The summed E-state index contributed by atoms with van der Waals surface area (Å²) in [6.45, 7) is 2.21. The molecule has 1 aromatic carbocycles. The van der Waals surface area contributed by atoms with Crippen LogP contribution in [0.3, 0.4) is 0 Å². The Bertz CT molecular complexity index is 348. The van der Waals surface area contributed by atoms with Crippen LogP contribution >= 0.6 is 0 Å². The van der Waals surface area contributed by atoms with Crippen molar-refractivity contribution in [3.05, 3.63) is 29.3 Å². The zero-order valence-electron chi connectivity index (χ0n) is 9.49. The van der Waals surface area contributed by atoms with Crippen LogP contribution in [0, 0.1) is 0 Å². The maximum Gasteiger partial charge on any atom is 0.122 e. The molecule has 0 radical (unpaired) electrons. The molecule has 0 bridgehead atoms. The quantitative estimate of drug-likeness (QED) is 0.805. The lowest BCUT2D eigenvalue weighted by molar-refractivity contribution is 0.394. The molecule has 2 heteroatoms. The Morgan fingerprint density at radius 2 is 2.27 bits per heavy atom. The number of benzene rings is 1. The van der Waals surface area contributed by atoms with Gasteiger partial charge >= 0.3 is 0 Å². The molecule has 0 aliphatic heterocycles. The first-order valence-electron chi connectivity index (χ1n) is 5.69. The monoisotopic (exact) mass is 205 g/mol. The Morgan fingerprint density at radius 3 is 2.93 bits per heavy atom. The van der Waals surface area contributed by atoms with Crippen LogP contribution in [0.5, 0.6) is 5.75 Å². The lowest BCUT2D eigenvalue weighted by Gasteiger charge is -2.31. The molecule has 1 aliphatic carbocycles. The van der Waals surface area contributed by atoms with E-state index in [9.17, 15) is 0 Å². The van der Waals surface area contributed by atoms with Gasteiger partial charge in [-0.3, -0.25) is 0 Å². The zero-order valence-corrected chi connectivity index (χ0v) is 9.49. The van der Waals surface area contributed by atoms with Gasteiger partial charge in [0, 0.05) is 6.04 Å². The van der Waals surface area contributed by atoms with Gasteiger partial charge < -0.3 is 10.5 Å². The molecule has 0 heterocycles. The third-order valence-electron chi connectivity index (χ3n) is 3.47. The summed E-state index contributed by atoms with van der Waals surface area (Å²) in [5.41, 5.74) is 8.92. The number of hydrogen-bond donors (Lipinski definition) is 1. The van der Waals surface area contributed by atoms with Crippen molar-refractivity contribution in [3.8, 4) is 5.75 Å². The van der Waals surface area contributed by atoms with E-state index in [0.29, 0.717) is 12.0 Å². The van der Waals surface area contributed by atoms with E-state index < -0.39 is 0 Å². The number of rotatable bonds is 2. The molecular weight excluding hydrogens is 186 g/mol. The van der Waals surface area contributed by atoms with E-state index in [0.717, 1.165) is 25.0 Å². The van der Waals surface area contributed by atoms with Crippen molar-refractivity contribution >= 4 is 0 Å². The molecular formula is C13H19NO. The summed E-state index contributed by atoms with van der Waals surface area (Å²) in [5.74, 6) is 1.53. The van der Waals surface area contributed by atoms with Crippen LogP contribution in [-0.2, 0) is 6.42 Å². The second-order valence-corrected chi connectivity index (χ2v) is 4.25. The first kappa shape index (κ1) is 10.5. The van der Waals surface area contributed by atoms with Gasteiger partial charge in [0.1, 0.15) is 5.75 Å². The summed E-state index contributed by atoms with van der Waals surface area (Å²) in [5, 5.41) is 0. The number of nitrogens with two attached hydrogens (primary N) is 1. The maximum atomic E-state index is 6.16. The van der Waals surface area contributed by atoms with E-state index in [4.69, 9.17) is 10.5 Å². The molecule has 82 valence electrons. The highest BCUT2D eigenvalue weighted by Crippen LogP contribution is 2.37. The van der Waals surface area contributed by atoms with Crippen molar-refractivity contribution in [2.24, 2.45) is 5.73 Å². The minimum atomic E-state index is 0.314. The lowest BCUT2D eigenvalue weighted by atomic mass is 9.78. The van der Waals surface area contributed by atoms with E-state index in [1.165, 1.54) is 11.1 Å². The maximum absolute atomic E-state index is 6.16. The van der Waals surface area contributed by atoms with Gasteiger partial charge in [-0.1, -0.05) is 19.1 Å². The fourth-order valence-electron chi connectivity index (χ4n) is 2.65. The number of ether oxygens (including phenoxy) is 1. The molecule has 0 fully saturated rings. The molecule has 2 rings (SSSR count). The van der Waals surface area contributed by atoms with Crippen molar-refractivity contribution in [2.75, 3.05) is 7.11 Å². The van der Waals surface area contributed by atoms with Crippen LogP contribution in [0.2, 0.25) is 0 Å². The van der Waals surface area contributed by atoms with Crippen molar-refractivity contribution in [2.45, 2.75) is 38.1 Å². The zero-order chi connectivity index (χ0) is 10.8. The smallest absolute Gasteiger partial charge is 0.122 e. The highest BCUT2D eigenvalue weighted by Gasteiger charge is 2.27. The molecule has 0 saturated carbocycles. The predicted molar refractivity (Wildman–Crippen MR) is 62.3 cm³/mol. The van der Waals surface area contributed by atoms with Crippen molar-refractivity contribution in [1.29, 1.82) is 0 Å². The third kappa shape index (κ3) is 1.74. The third-order valence-corrected chi connectivity index (χ3v) is 3.47. The minimum absolute atomic E-state index is 0.314. The molecule has 15 heavy (non-hydrogen) atoms. The first-order valence-corrected chi connectivity index (χ1v) is 5.69. The van der Waals surface area contributed by atoms with Crippen molar-refractivity contribution in [1.82, 2.24) is 0 Å². The second kappa shape index (κ2) is 4.23. The number of fused-ring (bicyclic) bond motifs is 1. The van der Waals surface area contributed by atoms with Crippen LogP contribution in [-0.4, -0.2) is 13.2 Å². The van der Waals surface area contributed by atoms with Gasteiger partial charge in [0.15, 0.2) is 0 Å². The first-order chi connectivity index (χ1) is 7.27. The predicted octanol–water partition coefficient (Wildman–Crippen LogP) is 2.46. The lowest BCUT2D eigenvalue weighted by Crippen LogP contribution is -2.32. The van der Waals surface area contributed by atoms with E-state index in [1.54, 1.807) is 7.11 Å². The summed E-state index contributed by atoms with van der Waals surface area (Å²) >= 11 is 0. The summed E-state index contributed by atoms with van der Waals surface area (Å²) in [6, 6.07) is 6.63. The van der Waals surface area contributed by atoms with Gasteiger partial charge in [0.05, 0.1) is 7.11 Å².